The van der Waals surface area contributed by atoms with E-state index in [0.29, 0.717) is 18.9 Å². The van der Waals surface area contributed by atoms with Crippen molar-refractivity contribution in [2.24, 2.45) is 5.73 Å². The number of hydrogen-bond acceptors (Lipinski definition) is 4. The average molecular weight is 301 g/mol. The van der Waals surface area contributed by atoms with E-state index in [1.54, 1.807) is 17.0 Å². The van der Waals surface area contributed by atoms with Gasteiger partial charge in [0.15, 0.2) is 6.61 Å². The molecule has 1 saturated heterocycles. The van der Waals surface area contributed by atoms with E-state index < -0.39 is 0 Å². The monoisotopic (exact) mass is 300 g/mol. The van der Waals surface area contributed by atoms with E-state index >= 15 is 0 Å². The molecule has 0 aromatic heterocycles. The topological polar surface area (TPSA) is 64.8 Å². The summed E-state index contributed by atoms with van der Waals surface area (Å²) >= 11 is 0. The summed E-state index contributed by atoms with van der Waals surface area (Å²) < 4.78 is 10.8. The van der Waals surface area contributed by atoms with Crippen molar-refractivity contribution in [3.63, 3.8) is 0 Å². The van der Waals surface area contributed by atoms with Gasteiger partial charge < -0.3 is 20.1 Å². The summed E-state index contributed by atoms with van der Waals surface area (Å²) in [5.41, 5.74) is 5.77. The molecule has 0 spiro atoms. The van der Waals surface area contributed by atoms with E-state index in [4.69, 9.17) is 15.2 Å². The molecule has 0 saturated carbocycles. The molecule has 0 unspecified atom stereocenters. The van der Waals surface area contributed by atoms with Gasteiger partial charge in [0.1, 0.15) is 11.5 Å². The number of amides is 1. The minimum Gasteiger partial charge on any atom is -0.494 e. The van der Waals surface area contributed by atoms with Gasteiger partial charge in [-0.05, 0) is 37.6 Å². The first-order valence-electron chi connectivity index (χ1n) is 6.58. The van der Waals surface area contributed by atoms with Crippen LogP contribution in [-0.2, 0) is 4.79 Å². The highest BCUT2D eigenvalue weighted by molar-refractivity contribution is 5.85. The van der Waals surface area contributed by atoms with Crippen molar-refractivity contribution in [1.29, 1.82) is 0 Å². The quantitative estimate of drug-likeness (QED) is 0.894. The van der Waals surface area contributed by atoms with Gasteiger partial charge in [-0.3, -0.25) is 4.79 Å². The molecule has 2 N–H and O–H groups in total. The van der Waals surface area contributed by atoms with Gasteiger partial charge >= 0.3 is 0 Å². The summed E-state index contributed by atoms with van der Waals surface area (Å²) in [6.45, 7) is 3.98. The highest BCUT2D eigenvalue weighted by atomic mass is 35.5. The van der Waals surface area contributed by atoms with E-state index in [1.165, 1.54) is 0 Å². The standard InChI is InChI=1S/C14H20N2O3.ClH/c1-2-18-12-3-5-13(6-4-12)19-10-14(17)16-8-7-11(15)9-16;/h3-6,11H,2,7-10,15H2,1H3;1H/t11-;/m1./s1. The Hall–Kier alpha value is -1.46. The summed E-state index contributed by atoms with van der Waals surface area (Å²) in [7, 11) is 0. The molecule has 0 radical (unpaired) electrons. The second-order valence-corrected chi connectivity index (χ2v) is 4.58. The summed E-state index contributed by atoms with van der Waals surface area (Å²) in [4.78, 5) is 13.6. The lowest BCUT2D eigenvalue weighted by molar-refractivity contribution is -0.132. The first-order valence-corrected chi connectivity index (χ1v) is 6.58. The van der Waals surface area contributed by atoms with E-state index in [1.807, 2.05) is 19.1 Å². The third kappa shape index (κ3) is 4.58. The van der Waals surface area contributed by atoms with E-state index in [9.17, 15) is 4.79 Å². The molecule has 1 fully saturated rings. The van der Waals surface area contributed by atoms with Gasteiger partial charge in [-0.25, -0.2) is 0 Å². The second-order valence-electron chi connectivity index (χ2n) is 4.58. The molecule has 1 atom stereocenters. The lowest BCUT2D eigenvalue weighted by atomic mass is 10.3. The molecule has 112 valence electrons. The van der Waals surface area contributed by atoms with Gasteiger partial charge in [-0.15, -0.1) is 12.4 Å². The van der Waals surface area contributed by atoms with Crippen LogP contribution in [0.1, 0.15) is 13.3 Å². The molecule has 2 rings (SSSR count). The smallest absolute Gasteiger partial charge is 0.260 e. The van der Waals surface area contributed by atoms with Crippen molar-refractivity contribution in [3.8, 4) is 11.5 Å². The van der Waals surface area contributed by atoms with E-state index in [-0.39, 0.29) is 31.0 Å². The number of nitrogens with two attached hydrogens (primary N) is 1. The number of benzene rings is 1. The molecule has 1 amide bonds. The van der Waals surface area contributed by atoms with Gasteiger partial charge in [0.25, 0.3) is 5.91 Å². The van der Waals surface area contributed by atoms with Crippen molar-refractivity contribution < 1.29 is 14.3 Å². The minimum atomic E-state index is -0.0122. The Kier molecular flexibility index (Phi) is 6.61. The summed E-state index contributed by atoms with van der Waals surface area (Å²) in [5, 5.41) is 0. The molecular weight excluding hydrogens is 280 g/mol. The van der Waals surface area contributed by atoms with Crippen molar-refractivity contribution >= 4 is 18.3 Å². The highest BCUT2D eigenvalue weighted by Gasteiger charge is 2.23. The maximum absolute atomic E-state index is 11.9. The van der Waals surface area contributed by atoms with Crippen LogP contribution >= 0.6 is 12.4 Å². The molecule has 1 heterocycles. The van der Waals surface area contributed by atoms with Gasteiger partial charge in [0.2, 0.25) is 0 Å². The molecule has 1 aromatic rings. The number of carbonyl (C=O) groups excluding carboxylic acids is 1. The second kappa shape index (κ2) is 7.97. The fourth-order valence-corrected chi connectivity index (χ4v) is 2.05. The van der Waals surface area contributed by atoms with Crippen LogP contribution in [0.3, 0.4) is 0 Å². The molecule has 1 aliphatic heterocycles. The molecule has 1 aliphatic rings. The lowest BCUT2D eigenvalue weighted by Crippen LogP contribution is -2.35. The van der Waals surface area contributed by atoms with Crippen LogP contribution in [0, 0.1) is 0 Å². The lowest BCUT2D eigenvalue weighted by Gasteiger charge is -2.16. The van der Waals surface area contributed by atoms with Gasteiger partial charge in [-0.1, -0.05) is 0 Å². The molecule has 5 nitrogen and oxygen atoms in total. The van der Waals surface area contributed by atoms with Crippen LogP contribution in [0.4, 0.5) is 0 Å². The summed E-state index contributed by atoms with van der Waals surface area (Å²) in [6, 6.07) is 7.36. The summed E-state index contributed by atoms with van der Waals surface area (Å²) in [6.07, 6.45) is 0.870. The molecule has 6 heteroatoms. The van der Waals surface area contributed by atoms with Gasteiger partial charge in [-0.2, -0.15) is 0 Å². The number of likely N-dealkylation sites (tertiary alicyclic amines) is 1. The number of halogens is 1. The zero-order chi connectivity index (χ0) is 13.7. The Bertz CT molecular complexity index is 425. The van der Waals surface area contributed by atoms with Crippen molar-refractivity contribution in [1.82, 2.24) is 4.90 Å². The number of nitrogens with zero attached hydrogens (tertiary/aromatic N) is 1. The third-order valence-electron chi connectivity index (χ3n) is 3.07. The number of ether oxygens (including phenoxy) is 2. The van der Waals surface area contributed by atoms with Crippen LogP contribution in [0.2, 0.25) is 0 Å². The SMILES string of the molecule is CCOc1ccc(OCC(=O)N2CC[C@@H](N)C2)cc1.Cl. The zero-order valence-corrected chi connectivity index (χ0v) is 12.4. The zero-order valence-electron chi connectivity index (χ0n) is 11.6. The number of rotatable bonds is 5. The predicted molar refractivity (Wildman–Crippen MR) is 79.5 cm³/mol. The van der Waals surface area contributed by atoms with Crippen molar-refractivity contribution in [2.75, 3.05) is 26.3 Å². The molecule has 0 aliphatic carbocycles. The molecular formula is C14H21ClN2O3. The molecule has 1 aromatic carbocycles. The third-order valence-corrected chi connectivity index (χ3v) is 3.07. The Morgan fingerprint density at radius 3 is 2.40 bits per heavy atom. The first kappa shape index (κ1) is 16.6. The van der Waals surface area contributed by atoms with Crippen LogP contribution in [0.25, 0.3) is 0 Å². The first-order chi connectivity index (χ1) is 9.19. The average Bonchev–Trinajstić information content (AvgIpc) is 2.85. The Balaban J connectivity index is 0.00000200. The number of hydrogen-bond donors (Lipinski definition) is 1. The van der Waals surface area contributed by atoms with Crippen molar-refractivity contribution in [3.05, 3.63) is 24.3 Å². The van der Waals surface area contributed by atoms with Crippen LogP contribution in [0.5, 0.6) is 11.5 Å². The maximum atomic E-state index is 11.9. The van der Waals surface area contributed by atoms with Crippen LogP contribution in [0.15, 0.2) is 24.3 Å². The Morgan fingerprint density at radius 1 is 1.30 bits per heavy atom. The molecule has 20 heavy (non-hydrogen) atoms. The van der Waals surface area contributed by atoms with Crippen LogP contribution in [-0.4, -0.2) is 43.2 Å². The predicted octanol–water partition coefficient (Wildman–Crippen LogP) is 1.45. The Labute approximate surface area is 125 Å². The summed E-state index contributed by atoms with van der Waals surface area (Å²) in [5.74, 6) is 1.45. The molecule has 0 bridgehead atoms. The highest BCUT2D eigenvalue weighted by Crippen LogP contribution is 2.17. The maximum Gasteiger partial charge on any atom is 0.260 e. The van der Waals surface area contributed by atoms with Gasteiger partial charge in [0, 0.05) is 19.1 Å². The minimum absolute atomic E-state index is 0. The number of carbonyl (C=O) groups is 1. The van der Waals surface area contributed by atoms with Crippen molar-refractivity contribution in [2.45, 2.75) is 19.4 Å². The normalized spacial score (nSPS) is 17.5. The largest absolute Gasteiger partial charge is 0.494 e. The van der Waals surface area contributed by atoms with E-state index in [0.717, 1.165) is 18.7 Å². The van der Waals surface area contributed by atoms with Gasteiger partial charge in [0.05, 0.1) is 6.61 Å². The fraction of sp³-hybridized carbons (Fsp3) is 0.500. The fourth-order valence-electron chi connectivity index (χ4n) is 2.05. The van der Waals surface area contributed by atoms with Crippen LogP contribution < -0.4 is 15.2 Å². The Morgan fingerprint density at radius 2 is 1.90 bits per heavy atom. The van der Waals surface area contributed by atoms with E-state index in [2.05, 4.69) is 0 Å².